The number of hydrogen-bond acceptors (Lipinski definition) is 3. The van der Waals surface area contributed by atoms with E-state index < -0.39 is 11.4 Å². The highest BCUT2D eigenvalue weighted by Gasteiger charge is 2.37. The fourth-order valence-corrected chi connectivity index (χ4v) is 3.50. The number of fused-ring (bicyclic) bond motifs is 1. The average molecular weight is 399 g/mol. The summed E-state index contributed by atoms with van der Waals surface area (Å²) in [4.78, 5) is 28.9. The number of carboxylic acid groups (broad SMARTS) is 1. The highest BCUT2D eigenvalue weighted by Crippen LogP contribution is 2.29. The van der Waals surface area contributed by atoms with Crippen molar-refractivity contribution in [1.82, 2.24) is 9.55 Å². The lowest BCUT2D eigenvalue weighted by atomic mass is 9.79. The number of carbonyl (C=O) groups excluding carboxylic acids is 1. The zero-order valence-corrected chi connectivity index (χ0v) is 16.4. The minimum atomic E-state index is -1.30. The van der Waals surface area contributed by atoms with Gasteiger partial charge in [-0.05, 0) is 48.9 Å². The lowest BCUT2D eigenvalue weighted by Crippen LogP contribution is -2.36. The van der Waals surface area contributed by atoms with Crippen LogP contribution in [-0.2, 0) is 15.0 Å². The minimum absolute atomic E-state index is 0.166. The number of benzene rings is 3. The Bertz CT molecular complexity index is 1200. The van der Waals surface area contributed by atoms with Gasteiger partial charge in [0.25, 0.3) is 0 Å². The molecule has 0 bridgehead atoms. The smallest absolute Gasteiger partial charge is 0.314 e. The molecule has 0 aliphatic heterocycles. The highest BCUT2D eigenvalue weighted by atomic mass is 16.4. The molecule has 0 fully saturated rings. The van der Waals surface area contributed by atoms with Crippen LogP contribution in [0.2, 0.25) is 0 Å². The maximum absolute atomic E-state index is 12.6. The number of nitrogens with one attached hydrogen (secondary N) is 1. The normalized spacial score (nSPS) is 13.0. The van der Waals surface area contributed by atoms with Crippen LogP contribution in [0.1, 0.15) is 18.9 Å². The van der Waals surface area contributed by atoms with Gasteiger partial charge in [-0.3, -0.25) is 14.2 Å². The van der Waals surface area contributed by atoms with Gasteiger partial charge in [0.1, 0.15) is 6.33 Å². The molecule has 0 aliphatic carbocycles. The Hall–Kier alpha value is -3.93. The number of rotatable bonds is 6. The molecule has 0 unspecified atom stereocenters. The van der Waals surface area contributed by atoms with Gasteiger partial charge in [-0.1, -0.05) is 42.5 Å². The summed E-state index contributed by atoms with van der Waals surface area (Å²) < 4.78 is 1.97. The van der Waals surface area contributed by atoms with E-state index in [0.717, 1.165) is 16.7 Å². The Morgan fingerprint density at radius 3 is 2.33 bits per heavy atom. The summed E-state index contributed by atoms with van der Waals surface area (Å²) in [6.45, 7) is 1.57. The van der Waals surface area contributed by atoms with Crippen LogP contribution in [0.5, 0.6) is 0 Å². The van der Waals surface area contributed by atoms with Gasteiger partial charge in [0.15, 0.2) is 0 Å². The number of anilines is 1. The topological polar surface area (TPSA) is 84.2 Å². The molecule has 1 heterocycles. The number of carboxylic acids is 1. The first-order valence-corrected chi connectivity index (χ1v) is 9.59. The number of nitrogens with zero attached hydrogens (tertiary/aromatic N) is 2. The van der Waals surface area contributed by atoms with Crippen molar-refractivity contribution in [1.29, 1.82) is 0 Å². The van der Waals surface area contributed by atoms with Gasteiger partial charge in [0.05, 0.1) is 16.4 Å². The van der Waals surface area contributed by atoms with Crippen molar-refractivity contribution in [3.63, 3.8) is 0 Å². The van der Waals surface area contributed by atoms with E-state index in [1.807, 2.05) is 47.0 Å². The summed E-state index contributed by atoms with van der Waals surface area (Å²) in [7, 11) is 0. The van der Waals surface area contributed by atoms with Gasteiger partial charge in [0, 0.05) is 17.8 Å². The summed E-state index contributed by atoms with van der Waals surface area (Å²) in [5.41, 5.74) is 2.71. The fraction of sp³-hybridized carbons (Fsp3) is 0.125. The molecule has 6 heteroatoms. The molecule has 1 aromatic heterocycles. The Balaban J connectivity index is 1.50. The Morgan fingerprint density at radius 2 is 1.63 bits per heavy atom. The van der Waals surface area contributed by atoms with Crippen molar-refractivity contribution in [2.45, 2.75) is 18.8 Å². The quantitative estimate of drug-likeness (QED) is 0.503. The highest BCUT2D eigenvalue weighted by molar-refractivity contribution is 5.96. The van der Waals surface area contributed by atoms with Crippen molar-refractivity contribution < 1.29 is 14.7 Å². The van der Waals surface area contributed by atoms with Gasteiger partial charge in [-0.2, -0.15) is 0 Å². The number of amides is 1. The van der Waals surface area contributed by atoms with Crippen molar-refractivity contribution >= 4 is 28.6 Å². The second kappa shape index (κ2) is 7.83. The summed E-state index contributed by atoms with van der Waals surface area (Å²) in [6.07, 6.45) is 1.59. The van der Waals surface area contributed by atoms with Crippen LogP contribution in [0.25, 0.3) is 16.7 Å². The van der Waals surface area contributed by atoms with Crippen LogP contribution in [-0.4, -0.2) is 26.5 Å². The molecular weight excluding hydrogens is 378 g/mol. The first kappa shape index (κ1) is 19.4. The zero-order valence-electron chi connectivity index (χ0n) is 16.4. The summed E-state index contributed by atoms with van der Waals surface area (Å²) >= 11 is 0. The van der Waals surface area contributed by atoms with E-state index in [1.165, 1.54) is 0 Å². The van der Waals surface area contributed by atoms with E-state index >= 15 is 0 Å². The average Bonchev–Trinajstić information content (AvgIpc) is 3.19. The summed E-state index contributed by atoms with van der Waals surface area (Å²) in [5, 5.41) is 12.5. The second-order valence-electron chi connectivity index (χ2n) is 7.38. The van der Waals surface area contributed by atoms with Gasteiger partial charge in [-0.15, -0.1) is 0 Å². The van der Waals surface area contributed by atoms with Crippen molar-refractivity contribution in [3.05, 3.63) is 90.8 Å². The number of hydrogen-bond donors (Lipinski definition) is 2. The third kappa shape index (κ3) is 3.67. The first-order chi connectivity index (χ1) is 14.5. The predicted molar refractivity (Wildman–Crippen MR) is 116 cm³/mol. The van der Waals surface area contributed by atoms with E-state index in [9.17, 15) is 14.7 Å². The number of aliphatic carboxylic acids is 1. The first-order valence-electron chi connectivity index (χ1n) is 9.59. The van der Waals surface area contributed by atoms with Crippen LogP contribution < -0.4 is 5.32 Å². The number of para-hydroxylation sites is 2. The SMILES string of the molecule is C[C@](CC(=O)Nc1ccc(-n2cnc3ccccc32)cc1)(C(=O)O)c1ccccc1. The van der Waals surface area contributed by atoms with Crippen molar-refractivity contribution in [2.75, 3.05) is 5.32 Å². The maximum atomic E-state index is 12.6. The van der Waals surface area contributed by atoms with Crippen molar-refractivity contribution in [3.8, 4) is 5.69 Å². The van der Waals surface area contributed by atoms with E-state index in [-0.39, 0.29) is 12.3 Å². The molecule has 0 radical (unpaired) electrons. The Morgan fingerprint density at radius 1 is 0.967 bits per heavy atom. The molecule has 6 nitrogen and oxygen atoms in total. The lowest BCUT2D eigenvalue weighted by molar-refractivity contribution is -0.145. The molecule has 30 heavy (non-hydrogen) atoms. The third-order valence-corrected chi connectivity index (χ3v) is 5.28. The van der Waals surface area contributed by atoms with Gasteiger partial charge in [0.2, 0.25) is 5.91 Å². The van der Waals surface area contributed by atoms with Crippen LogP contribution in [0.4, 0.5) is 5.69 Å². The summed E-state index contributed by atoms with van der Waals surface area (Å²) in [6, 6.07) is 24.0. The molecule has 0 saturated heterocycles. The van der Waals surface area contributed by atoms with Crippen LogP contribution in [0.15, 0.2) is 85.2 Å². The third-order valence-electron chi connectivity index (χ3n) is 5.28. The van der Waals surface area contributed by atoms with Crippen molar-refractivity contribution in [2.24, 2.45) is 0 Å². The molecule has 1 amide bonds. The molecule has 0 spiro atoms. The Kier molecular flexibility index (Phi) is 5.06. The maximum Gasteiger partial charge on any atom is 0.314 e. The largest absolute Gasteiger partial charge is 0.481 e. The standard InChI is InChI=1S/C24H21N3O3/c1-24(23(29)30,17-7-3-2-4-8-17)15-22(28)26-18-11-13-19(14-12-18)27-16-25-20-9-5-6-10-21(20)27/h2-14,16H,15H2,1H3,(H,26,28)(H,29,30)/t24-/m1/s1. The molecule has 150 valence electrons. The van der Waals surface area contributed by atoms with Crippen LogP contribution in [0, 0.1) is 0 Å². The molecule has 0 aliphatic rings. The molecule has 3 aromatic carbocycles. The second-order valence-corrected chi connectivity index (χ2v) is 7.38. The molecular formula is C24H21N3O3. The van der Waals surface area contributed by atoms with Crippen LogP contribution >= 0.6 is 0 Å². The molecule has 4 aromatic rings. The number of imidazole rings is 1. The Labute approximate surface area is 173 Å². The summed E-state index contributed by atoms with van der Waals surface area (Å²) in [5.74, 6) is -1.39. The zero-order chi connectivity index (χ0) is 21.1. The molecule has 0 saturated carbocycles. The monoisotopic (exact) mass is 399 g/mol. The van der Waals surface area contributed by atoms with E-state index in [0.29, 0.717) is 11.3 Å². The van der Waals surface area contributed by atoms with E-state index in [1.54, 1.807) is 49.6 Å². The minimum Gasteiger partial charge on any atom is -0.481 e. The molecule has 1 atom stereocenters. The molecule has 4 rings (SSSR count). The fourth-order valence-electron chi connectivity index (χ4n) is 3.50. The van der Waals surface area contributed by atoms with Gasteiger partial charge < -0.3 is 10.4 Å². The molecule has 2 N–H and O–H groups in total. The number of carbonyl (C=O) groups is 2. The van der Waals surface area contributed by atoms with Gasteiger partial charge in [-0.25, -0.2) is 4.98 Å². The van der Waals surface area contributed by atoms with Gasteiger partial charge >= 0.3 is 5.97 Å². The van der Waals surface area contributed by atoms with E-state index in [2.05, 4.69) is 10.3 Å². The predicted octanol–water partition coefficient (Wildman–Crippen LogP) is 4.40. The number of aromatic nitrogens is 2. The van der Waals surface area contributed by atoms with Crippen LogP contribution in [0.3, 0.4) is 0 Å². The van der Waals surface area contributed by atoms with E-state index in [4.69, 9.17) is 0 Å². The lowest BCUT2D eigenvalue weighted by Gasteiger charge is -2.24.